The van der Waals surface area contributed by atoms with Gasteiger partial charge in [0, 0.05) is 11.3 Å². The maximum absolute atomic E-state index is 13.3. The van der Waals surface area contributed by atoms with Crippen LogP contribution < -0.4 is 5.32 Å². The predicted octanol–water partition coefficient (Wildman–Crippen LogP) is 3.92. The van der Waals surface area contributed by atoms with Gasteiger partial charge in [-0.25, -0.2) is 8.78 Å². The summed E-state index contributed by atoms with van der Waals surface area (Å²) in [5.74, 6) is -2.66. The molecule has 5 nitrogen and oxygen atoms in total. The molecule has 0 aliphatic rings. The molecule has 0 aliphatic carbocycles. The molecule has 0 atom stereocenters. The number of nitrogens with one attached hydrogen (secondary N) is 1. The van der Waals surface area contributed by atoms with Crippen LogP contribution in [-0.4, -0.2) is 16.1 Å². The number of nitrogens with zero attached hydrogens (tertiary/aromatic N) is 2. The molecule has 1 amide bonds. The molecule has 0 aliphatic heterocycles. The zero-order valence-electron chi connectivity index (χ0n) is 11.4. The maximum atomic E-state index is 13.3. The molecule has 0 unspecified atom stereocenters. The van der Waals surface area contributed by atoms with E-state index in [1.165, 1.54) is 6.39 Å². The van der Waals surface area contributed by atoms with Crippen LogP contribution in [-0.2, 0) is 0 Å². The lowest BCUT2D eigenvalue weighted by molar-refractivity contribution is 0.102. The summed E-state index contributed by atoms with van der Waals surface area (Å²) in [6.45, 7) is 0. The first-order valence-electron chi connectivity index (χ1n) is 6.37. The molecule has 1 N–H and O–H groups in total. The number of aromatic nitrogens is 2. The fourth-order valence-electron chi connectivity index (χ4n) is 1.92. The average Bonchev–Trinajstić information content (AvgIpc) is 3.05. The average molecular weight is 336 g/mol. The number of hydrogen-bond acceptors (Lipinski definition) is 4. The van der Waals surface area contributed by atoms with Crippen molar-refractivity contribution in [2.75, 3.05) is 5.32 Å². The van der Waals surface area contributed by atoms with Crippen LogP contribution in [0.25, 0.3) is 11.5 Å². The summed E-state index contributed by atoms with van der Waals surface area (Å²) in [4.78, 5) is 12.2. The zero-order chi connectivity index (χ0) is 16.4. The van der Waals surface area contributed by atoms with Gasteiger partial charge in [-0.15, -0.1) is 10.2 Å². The number of carbonyl (C=O) groups excluding carboxylic acids is 1. The van der Waals surface area contributed by atoms with E-state index in [0.717, 1.165) is 12.1 Å². The van der Waals surface area contributed by atoms with Crippen molar-refractivity contribution in [1.82, 2.24) is 10.2 Å². The lowest BCUT2D eigenvalue weighted by atomic mass is 10.1. The fraction of sp³-hybridized carbons (Fsp3) is 0. The predicted molar refractivity (Wildman–Crippen MR) is 79.1 cm³/mol. The van der Waals surface area contributed by atoms with Gasteiger partial charge in [-0.1, -0.05) is 17.7 Å². The molecule has 3 rings (SSSR count). The van der Waals surface area contributed by atoms with E-state index in [0.29, 0.717) is 11.3 Å². The topological polar surface area (TPSA) is 68.0 Å². The summed E-state index contributed by atoms with van der Waals surface area (Å²) in [6.07, 6.45) is 1.18. The van der Waals surface area contributed by atoms with Crippen LogP contribution in [0.4, 0.5) is 14.5 Å². The molecule has 3 aromatic rings. The van der Waals surface area contributed by atoms with Gasteiger partial charge >= 0.3 is 0 Å². The first-order valence-corrected chi connectivity index (χ1v) is 6.75. The van der Waals surface area contributed by atoms with Crippen LogP contribution in [0.3, 0.4) is 0 Å². The lowest BCUT2D eigenvalue weighted by Crippen LogP contribution is -2.13. The Morgan fingerprint density at radius 3 is 2.70 bits per heavy atom. The molecule has 0 spiro atoms. The highest BCUT2D eigenvalue weighted by molar-refractivity contribution is 6.34. The largest absolute Gasteiger partial charge is 0.423 e. The third kappa shape index (κ3) is 3.19. The van der Waals surface area contributed by atoms with Gasteiger partial charge < -0.3 is 9.73 Å². The van der Waals surface area contributed by atoms with E-state index in [9.17, 15) is 13.6 Å². The van der Waals surface area contributed by atoms with E-state index in [1.807, 2.05) is 0 Å². The highest BCUT2D eigenvalue weighted by atomic mass is 35.5. The van der Waals surface area contributed by atoms with Gasteiger partial charge in [-0.05, 0) is 30.3 Å². The Bertz CT molecular complexity index is 869. The Balaban J connectivity index is 1.86. The number of amides is 1. The Hall–Kier alpha value is -2.80. The highest BCUT2D eigenvalue weighted by Crippen LogP contribution is 2.23. The van der Waals surface area contributed by atoms with Gasteiger partial charge in [0.05, 0.1) is 10.6 Å². The van der Waals surface area contributed by atoms with Crippen molar-refractivity contribution < 1.29 is 18.0 Å². The number of anilines is 1. The number of halogens is 3. The van der Waals surface area contributed by atoms with Crippen molar-refractivity contribution in [2.45, 2.75) is 0 Å². The second kappa shape index (κ2) is 6.13. The van der Waals surface area contributed by atoms with Crippen molar-refractivity contribution in [1.29, 1.82) is 0 Å². The van der Waals surface area contributed by atoms with Gasteiger partial charge in [-0.2, -0.15) is 0 Å². The van der Waals surface area contributed by atoms with Crippen molar-refractivity contribution in [2.24, 2.45) is 0 Å². The van der Waals surface area contributed by atoms with Crippen LogP contribution in [0.1, 0.15) is 10.4 Å². The minimum Gasteiger partial charge on any atom is -0.423 e. The number of hydrogen-bond donors (Lipinski definition) is 1. The minimum atomic E-state index is -1.15. The van der Waals surface area contributed by atoms with Crippen LogP contribution in [0.15, 0.2) is 47.2 Å². The van der Waals surface area contributed by atoms with Crippen molar-refractivity contribution in [3.8, 4) is 11.5 Å². The quantitative estimate of drug-likeness (QED) is 0.737. The second-order valence-electron chi connectivity index (χ2n) is 4.52. The molecule has 23 heavy (non-hydrogen) atoms. The van der Waals surface area contributed by atoms with Crippen LogP contribution >= 0.6 is 11.6 Å². The molecule has 0 bridgehead atoms. The van der Waals surface area contributed by atoms with E-state index < -0.39 is 17.5 Å². The summed E-state index contributed by atoms with van der Waals surface area (Å²) in [6, 6.07) is 8.09. The van der Waals surface area contributed by atoms with Crippen LogP contribution in [0, 0.1) is 11.6 Å². The van der Waals surface area contributed by atoms with Crippen LogP contribution in [0.2, 0.25) is 5.02 Å². The van der Waals surface area contributed by atoms with Gasteiger partial charge in [-0.3, -0.25) is 4.79 Å². The SMILES string of the molecule is O=C(Nc1cccc(-c2nnco2)c1)c1cc(F)c(F)cc1Cl. The summed E-state index contributed by atoms with van der Waals surface area (Å²) >= 11 is 5.77. The molecule has 0 saturated carbocycles. The monoisotopic (exact) mass is 335 g/mol. The molecule has 1 aromatic heterocycles. The summed E-state index contributed by atoms with van der Waals surface area (Å²) in [5, 5.41) is 9.69. The molecule has 0 saturated heterocycles. The number of carbonyl (C=O) groups is 1. The molecular weight excluding hydrogens is 328 g/mol. The molecule has 0 fully saturated rings. The first kappa shape index (κ1) is 15.1. The molecule has 2 aromatic carbocycles. The van der Waals surface area contributed by atoms with Crippen molar-refractivity contribution in [3.63, 3.8) is 0 Å². The van der Waals surface area contributed by atoms with Crippen LogP contribution in [0.5, 0.6) is 0 Å². The summed E-state index contributed by atoms with van der Waals surface area (Å²) in [5.41, 5.74) is 0.831. The molecule has 116 valence electrons. The fourth-order valence-corrected chi connectivity index (χ4v) is 2.16. The minimum absolute atomic E-state index is 0.172. The van der Waals surface area contributed by atoms with Gasteiger partial charge in [0.1, 0.15) is 0 Å². The van der Waals surface area contributed by atoms with Crippen molar-refractivity contribution >= 4 is 23.2 Å². The molecule has 0 radical (unpaired) electrons. The van der Waals surface area contributed by atoms with Crippen molar-refractivity contribution in [3.05, 3.63) is 65.0 Å². The van der Waals surface area contributed by atoms with Gasteiger partial charge in [0.25, 0.3) is 5.91 Å². The van der Waals surface area contributed by atoms with E-state index in [2.05, 4.69) is 15.5 Å². The molecule has 8 heteroatoms. The van der Waals surface area contributed by atoms with Gasteiger partial charge in [0.15, 0.2) is 11.6 Å². The molecule has 1 heterocycles. The second-order valence-corrected chi connectivity index (χ2v) is 4.93. The Morgan fingerprint density at radius 1 is 1.17 bits per heavy atom. The van der Waals surface area contributed by atoms with E-state index in [1.54, 1.807) is 24.3 Å². The normalized spacial score (nSPS) is 10.6. The van der Waals surface area contributed by atoms with Gasteiger partial charge in [0.2, 0.25) is 12.3 Å². The Kier molecular flexibility index (Phi) is 4.03. The number of rotatable bonds is 3. The lowest BCUT2D eigenvalue weighted by Gasteiger charge is -2.08. The third-order valence-electron chi connectivity index (χ3n) is 2.98. The molecular formula is C15H8ClF2N3O2. The smallest absolute Gasteiger partial charge is 0.257 e. The summed E-state index contributed by atoms with van der Waals surface area (Å²) in [7, 11) is 0. The van der Waals surface area contributed by atoms with E-state index in [-0.39, 0.29) is 16.5 Å². The number of benzene rings is 2. The standard InChI is InChI=1S/C15H8ClF2N3O2/c16-11-6-13(18)12(17)5-10(11)14(22)20-9-3-1-2-8(4-9)15-21-19-7-23-15/h1-7H,(H,20,22). The third-order valence-corrected chi connectivity index (χ3v) is 3.29. The maximum Gasteiger partial charge on any atom is 0.257 e. The Morgan fingerprint density at radius 2 is 1.96 bits per heavy atom. The highest BCUT2D eigenvalue weighted by Gasteiger charge is 2.15. The van der Waals surface area contributed by atoms with E-state index in [4.69, 9.17) is 16.0 Å². The first-order chi connectivity index (χ1) is 11.0. The zero-order valence-corrected chi connectivity index (χ0v) is 12.1. The summed E-state index contributed by atoms with van der Waals surface area (Å²) < 4.78 is 31.4. The van der Waals surface area contributed by atoms with E-state index >= 15 is 0 Å². The Labute approximate surface area is 133 Å².